The van der Waals surface area contributed by atoms with E-state index in [1.165, 1.54) is 6.07 Å². The number of aromatic carboxylic acids is 1. The van der Waals surface area contributed by atoms with E-state index >= 15 is 0 Å². The topological polar surface area (TPSA) is 78.4 Å². The molecule has 0 radical (unpaired) electrons. The highest BCUT2D eigenvalue weighted by molar-refractivity contribution is 6.00. The zero-order valence-electron chi connectivity index (χ0n) is 12.4. The SMILES string of the molecule is CCCC(C)(C)NC(=O)Nc1ccc(C)cc1C(=O)O. The van der Waals surface area contributed by atoms with E-state index in [9.17, 15) is 9.59 Å². The van der Waals surface area contributed by atoms with Crippen molar-refractivity contribution in [1.29, 1.82) is 0 Å². The van der Waals surface area contributed by atoms with Crippen molar-refractivity contribution in [3.63, 3.8) is 0 Å². The highest BCUT2D eigenvalue weighted by Crippen LogP contribution is 2.18. The third kappa shape index (κ3) is 4.57. The van der Waals surface area contributed by atoms with Crippen molar-refractivity contribution < 1.29 is 14.7 Å². The van der Waals surface area contributed by atoms with Gasteiger partial charge in [-0.1, -0.05) is 25.0 Å². The molecule has 0 aliphatic heterocycles. The van der Waals surface area contributed by atoms with Gasteiger partial charge < -0.3 is 15.7 Å². The van der Waals surface area contributed by atoms with Crippen LogP contribution in [0.3, 0.4) is 0 Å². The Hall–Kier alpha value is -2.04. The quantitative estimate of drug-likeness (QED) is 0.772. The third-order valence-electron chi connectivity index (χ3n) is 2.98. The van der Waals surface area contributed by atoms with Gasteiger partial charge in [0, 0.05) is 5.54 Å². The molecule has 0 saturated carbocycles. The molecule has 0 fully saturated rings. The Morgan fingerprint density at radius 3 is 2.50 bits per heavy atom. The van der Waals surface area contributed by atoms with Gasteiger partial charge in [-0.2, -0.15) is 0 Å². The number of benzene rings is 1. The zero-order chi connectivity index (χ0) is 15.3. The second kappa shape index (κ2) is 6.41. The first-order valence-corrected chi connectivity index (χ1v) is 6.68. The number of urea groups is 1. The standard InChI is InChI=1S/C15H22N2O3/c1-5-8-15(3,4)17-14(20)16-12-7-6-10(2)9-11(12)13(18)19/h6-7,9H,5,8H2,1-4H3,(H,18,19)(H2,16,17,20). The summed E-state index contributed by atoms with van der Waals surface area (Å²) in [6.45, 7) is 7.72. The van der Waals surface area contributed by atoms with Crippen LogP contribution in [0.2, 0.25) is 0 Å². The molecule has 0 atom stereocenters. The number of nitrogens with one attached hydrogen (secondary N) is 2. The third-order valence-corrected chi connectivity index (χ3v) is 2.98. The monoisotopic (exact) mass is 278 g/mol. The minimum absolute atomic E-state index is 0.0912. The number of carbonyl (C=O) groups excluding carboxylic acids is 1. The number of carboxylic acids is 1. The molecule has 0 bridgehead atoms. The van der Waals surface area contributed by atoms with Crippen LogP contribution < -0.4 is 10.6 Å². The van der Waals surface area contributed by atoms with E-state index in [0.717, 1.165) is 18.4 Å². The molecule has 0 aliphatic carbocycles. The van der Waals surface area contributed by atoms with Gasteiger partial charge in [0.1, 0.15) is 0 Å². The maximum absolute atomic E-state index is 11.9. The maximum Gasteiger partial charge on any atom is 0.337 e. The van der Waals surface area contributed by atoms with E-state index in [2.05, 4.69) is 10.6 Å². The Morgan fingerprint density at radius 1 is 1.30 bits per heavy atom. The summed E-state index contributed by atoms with van der Waals surface area (Å²) in [6, 6.07) is 4.51. The van der Waals surface area contributed by atoms with Crippen LogP contribution in [-0.4, -0.2) is 22.6 Å². The average molecular weight is 278 g/mol. The molecule has 0 aliphatic rings. The molecule has 1 aromatic rings. The largest absolute Gasteiger partial charge is 0.478 e. The molecule has 0 heterocycles. The molecule has 3 N–H and O–H groups in total. The number of amides is 2. The van der Waals surface area contributed by atoms with E-state index < -0.39 is 12.0 Å². The van der Waals surface area contributed by atoms with E-state index in [0.29, 0.717) is 5.69 Å². The number of hydrogen-bond donors (Lipinski definition) is 3. The average Bonchev–Trinajstić information content (AvgIpc) is 2.30. The first kappa shape index (κ1) is 16.0. The maximum atomic E-state index is 11.9. The van der Waals surface area contributed by atoms with Crippen LogP contribution in [0, 0.1) is 6.92 Å². The predicted octanol–water partition coefficient (Wildman–Crippen LogP) is 3.39. The van der Waals surface area contributed by atoms with Crippen molar-refractivity contribution in [3.05, 3.63) is 29.3 Å². The fraction of sp³-hybridized carbons (Fsp3) is 0.467. The highest BCUT2D eigenvalue weighted by Gasteiger charge is 2.20. The lowest BCUT2D eigenvalue weighted by Gasteiger charge is -2.26. The van der Waals surface area contributed by atoms with Gasteiger partial charge in [0.25, 0.3) is 0 Å². The molecule has 5 nitrogen and oxygen atoms in total. The van der Waals surface area contributed by atoms with E-state index in [1.54, 1.807) is 19.1 Å². The molecular formula is C15H22N2O3. The summed E-state index contributed by atoms with van der Waals surface area (Å²) in [5.41, 5.74) is 0.897. The lowest BCUT2D eigenvalue weighted by Crippen LogP contribution is -2.45. The van der Waals surface area contributed by atoms with Crippen LogP contribution in [0.4, 0.5) is 10.5 Å². The number of anilines is 1. The highest BCUT2D eigenvalue weighted by atomic mass is 16.4. The Labute approximate surface area is 119 Å². The Morgan fingerprint density at radius 2 is 1.95 bits per heavy atom. The Kier molecular flexibility index (Phi) is 5.13. The van der Waals surface area contributed by atoms with Gasteiger partial charge in [-0.25, -0.2) is 9.59 Å². The van der Waals surface area contributed by atoms with Crippen LogP contribution in [-0.2, 0) is 0 Å². The summed E-state index contributed by atoms with van der Waals surface area (Å²) in [5, 5.41) is 14.6. The van der Waals surface area contributed by atoms with Gasteiger partial charge in [-0.15, -0.1) is 0 Å². The fourth-order valence-electron chi connectivity index (χ4n) is 2.09. The number of rotatable bonds is 5. The molecule has 5 heteroatoms. The Bertz CT molecular complexity index is 510. The molecule has 1 aromatic carbocycles. The summed E-state index contributed by atoms with van der Waals surface area (Å²) in [7, 11) is 0. The number of hydrogen-bond acceptors (Lipinski definition) is 2. The first-order valence-electron chi connectivity index (χ1n) is 6.68. The van der Waals surface area contributed by atoms with Gasteiger partial charge in [0.2, 0.25) is 0 Å². The second-order valence-corrected chi connectivity index (χ2v) is 5.57. The molecule has 0 unspecified atom stereocenters. The van der Waals surface area contributed by atoms with E-state index in [4.69, 9.17) is 5.11 Å². The molecule has 0 aromatic heterocycles. The van der Waals surface area contributed by atoms with Crippen molar-refractivity contribution in [3.8, 4) is 0 Å². The first-order chi connectivity index (χ1) is 9.25. The minimum Gasteiger partial charge on any atom is -0.478 e. The second-order valence-electron chi connectivity index (χ2n) is 5.57. The van der Waals surface area contributed by atoms with Crippen molar-refractivity contribution in [2.45, 2.75) is 46.1 Å². The Balaban J connectivity index is 2.83. The molecule has 20 heavy (non-hydrogen) atoms. The van der Waals surface area contributed by atoms with E-state index in [1.807, 2.05) is 20.8 Å². The normalized spacial score (nSPS) is 11.0. The molecular weight excluding hydrogens is 256 g/mol. The van der Waals surface area contributed by atoms with Gasteiger partial charge in [0.05, 0.1) is 11.3 Å². The summed E-state index contributed by atoms with van der Waals surface area (Å²) in [6.07, 6.45) is 1.80. The summed E-state index contributed by atoms with van der Waals surface area (Å²) in [4.78, 5) is 23.1. The van der Waals surface area contributed by atoms with Gasteiger partial charge >= 0.3 is 12.0 Å². The van der Waals surface area contributed by atoms with Crippen molar-refractivity contribution in [2.75, 3.05) is 5.32 Å². The van der Waals surface area contributed by atoms with Crippen molar-refractivity contribution in [2.24, 2.45) is 0 Å². The van der Waals surface area contributed by atoms with Crippen LogP contribution in [0.5, 0.6) is 0 Å². The predicted molar refractivity (Wildman–Crippen MR) is 79.3 cm³/mol. The molecule has 110 valence electrons. The van der Waals surface area contributed by atoms with Crippen LogP contribution in [0.1, 0.15) is 49.5 Å². The molecule has 1 rings (SSSR count). The minimum atomic E-state index is -1.06. The summed E-state index contributed by atoms with van der Waals surface area (Å²) < 4.78 is 0. The lowest BCUT2D eigenvalue weighted by atomic mass is 9.99. The zero-order valence-corrected chi connectivity index (χ0v) is 12.4. The number of carbonyl (C=O) groups is 2. The van der Waals surface area contributed by atoms with Gasteiger partial charge in [0.15, 0.2) is 0 Å². The molecule has 0 saturated heterocycles. The van der Waals surface area contributed by atoms with Crippen molar-refractivity contribution in [1.82, 2.24) is 5.32 Å². The van der Waals surface area contributed by atoms with Crippen LogP contribution in [0.25, 0.3) is 0 Å². The van der Waals surface area contributed by atoms with Crippen LogP contribution >= 0.6 is 0 Å². The molecule has 2 amide bonds. The van der Waals surface area contributed by atoms with Gasteiger partial charge in [-0.3, -0.25) is 0 Å². The summed E-state index contributed by atoms with van der Waals surface area (Å²) >= 11 is 0. The smallest absolute Gasteiger partial charge is 0.337 e. The van der Waals surface area contributed by atoms with Crippen LogP contribution in [0.15, 0.2) is 18.2 Å². The van der Waals surface area contributed by atoms with Gasteiger partial charge in [-0.05, 0) is 39.3 Å². The van der Waals surface area contributed by atoms with E-state index in [-0.39, 0.29) is 11.1 Å². The fourth-order valence-corrected chi connectivity index (χ4v) is 2.09. The number of aryl methyl sites for hydroxylation is 1. The lowest BCUT2D eigenvalue weighted by molar-refractivity contribution is 0.0698. The number of carboxylic acid groups (broad SMARTS) is 1. The van der Waals surface area contributed by atoms with Crippen molar-refractivity contribution >= 4 is 17.7 Å². The molecule has 0 spiro atoms. The summed E-state index contributed by atoms with van der Waals surface area (Å²) in [5.74, 6) is -1.06.